The van der Waals surface area contributed by atoms with Crippen LogP contribution in [0.4, 0.5) is 13.2 Å². The van der Waals surface area contributed by atoms with Gasteiger partial charge in [-0.3, -0.25) is 0 Å². The highest BCUT2D eigenvalue weighted by Gasteiger charge is 2.34. The van der Waals surface area contributed by atoms with Gasteiger partial charge in [0.25, 0.3) is 5.89 Å². The monoisotopic (exact) mass is 281 g/mol. The van der Waals surface area contributed by atoms with E-state index in [-0.39, 0.29) is 23.0 Å². The number of halogens is 3. The molecule has 0 radical (unpaired) electrons. The van der Waals surface area contributed by atoms with Crippen molar-refractivity contribution in [3.63, 3.8) is 0 Å². The van der Waals surface area contributed by atoms with Gasteiger partial charge in [-0.2, -0.15) is 18.2 Å². The molecule has 0 fully saturated rings. The molecule has 1 aromatic carbocycles. The second-order valence-corrected chi connectivity index (χ2v) is 3.84. The second kappa shape index (κ2) is 4.48. The number of benzene rings is 1. The van der Waals surface area contributed by atoms with E-state index in [1.807, 2.05) is 0 Å². The fraction of sp³-hybridized carbons (Fsp3) is 0.0833. The van der Waals surface area contributed by atoms with E-state index in [0.29, 0.717) is 0 Å². The molecule has 102 valence electrons. The second-order valence-electron chi connectivity index (χ2n) is 3.84. The fourth-order valence-corrected chi connectivity index (χ4v) is 1.68. The minimum Gasteiger partial charge on any atom is -0.451 e. The Bertz CT molecular complexity index is 720. The van der Waals surface area contributed by atoms with Crippen molar-refractivity contribution in [3.8, 4) is 23.0 Å². The molecule has 0 amide bonds. The molecule has 20 heavy (non-hydrogen) atoms. The van der Waals surface area contributed by atoms with Crippen molar-refractivity contribution in [3.05, 3.63) is 42.5 Å². The summed E-state index contributed by atoms with van der Waals surface area (Å²) in [5.74, 6) is -0.165. The number of oxazole rings is 1. The number of rotatable bonds is 2. The molecule has 8 heteroatoms. The highest BCUT2D eigenvalue weighted by Crippen LogP contribution is 2.36. The first-order valence-electron chi connectivity index (χ1n) is 5.44. The minimum absolute atomic E-state index is 0.00859. The largest absolute Gasteiger partial charge is 0.451 e. The molecule has 2 heterocycles. The highest BCUT2D eigenvalue weighted by atomic mass is 19.4. The zero-order valence-electron chi connectivity index (χ0n) is 9.76. The topological polar surface area (TPSA) is 65.0 Å². The Kier molecular flexibility index (Phi) is 2.78. The smallest absolute Gasteiger partial charge is 0.417 e. The van der Waals surface area contributed by atoms with Crippen LogP contribution in [-0.2, 0) is 6.18 Å². The van der Waals surface area contributed by atoms with Gasteiger partial charge in [0.05, 0.1) is 5.56 Å². The van der Waals surface area contributed by atoms with Crippen LogP contribution in [0.1, 0.15) is 5.56 Å². The van der Waals surface area contributed by atoms with Gasteiger partial charge in [0.2, 0.25) is 5.82 Å². The van der Waals surface area contributed by atoms with Crippen LogP contribution in [0, 0.1) is 0 Å². The zero-order valence-corrected chi connectivity index (χ0v) is 9.76. The summed E-state index contributed by atoms with van der Waals surface area (Å²) in [7, 11) is 0. The summed E-state index contributed by atoms with van der Waals surface area (Å²) < 4.78 is 48.3. The summed E-state index contributed by atoms with van der Waals surface area (Å²) in [6.45, 7) is 0. The summed E-state index contributed by atoms with van der Waals surface area (Å²) in [6.07, 6.45) is -2.08. The van der Waals surface area contributed by atoms with E-state index in [0.717, 1.165) is 12.5 Å². The van der Waals surface area contributed by atoms with Crippen LogP contribution in [0.25, 0.3) is 23.0 Å². The maximum absolute atomic E-state index is 12.9. The number of nitrogens with zero attached hydrogens (tertiary/aromatic N) is 3. The van der Waals surface area contributed by atoms with Crippen LogP contribution in [0.15, 0.2) is 45.9 Å². The van der Waals surface area contributed by atoms with Crippen LogP contribution < -0.4 is 0 Å². The number of hydrogen-bond donors (Lipinski definition) is 0. The van der Waals surface area contributed by atoms with E-state index in [2.05, 4.69) is 15.1 Å². The van der Waals surface area contributed by atoms with E-state index in [9.17, 15) is 13.2 Å². The maximum Gasteiger partial charge on any atom is 0.417 e. The molecule has 5 nitrogen and oxygen atoms in total. The van der Waals surface area contributed by atoms with E-state index in [4.69, 9.17) is 8.94 Å². The molecule has 0 atom stereocenters. The molecule has 0 saturated heterocycles. The molecule has 0 spiro atoms. The first-order valence-corrected chi connectivity index (χ1v) is 5.44. The van der Waals surface area contributed by atoms with Crippen molar-refractivity contribution < 1.29 is 22.1 Å². The lowest BCUT2D eigenvalue weighted by Gasteiger charge is -2.09. The molecule has 3 aromatic rings. The predicted molar refractivity (Wildman–Crippen MR) is 60.2 cm³/mol. The molecular weight excluding hydrogens is 275 g/mol. The van der Waals surface area contributed by atoms with Gasteiger partial charge in [0, 0.05) is 5.56 Å². The molecule has 3 rings (SSSR count). The molecule has 0 N–H and O–H groups in total. The quantitative estimate of drug-likeness (QED) is 0.720. The van der Waals surface area contributed by atoms with Gasteiger partial charge in [-0.1, -0.05) is 23.4 Å². The number of hydrogen-bond acceptors (Lipinski definition) is 5. The van der Waals surface area contributed by atoms with E-state index in [1.165, 1.54) is 24.5 Å². The van der Waals surface area contributed by atoms with Gasteiger partial charge in [0.15, 0.2) is 12.1 Å². The highest BCUT2D eigenvalue weighted by molar-refractivity contribution is 5.62. The molecule has 0 saturated carbocycles. The lowest BCUT2D eigenvalue weighted by Crippen LogP contribution is -2.07. The predicted octanol–water partition coefficient (Wildman–Crippen LogP) is 3.41. The fourth-order valence-electron chi connectivity index (χ4n) is 1.68. The van der Waals surface area contributed by atoms with Crippen molar-refractivity contribution in [2.75, 3.05) is 0 Å². The van der Waals surface area contributed by atoms with Gasteiger partial charge in [0.1, 0.15) is 6.26 Å². The van der Waals surface area contributed by atoms with Gasteiger partial charge < -0.3 is 8.94 Å². The lowest BCUT2D eigenvalue weighted by molar-refractivity contribution is -0.137. The molecule has 0 aliphatic heterocycles. The Hall–Kier alpha value is -2.64. The third-order valence-electron chi connectivity index (χ3n) is 2.55. The molecular formula is C12H6F3N3O2. The molecule has 0 bridgehead atoms. The maximum atomic E-state index is 12.9. The summed E-state index contributed by atoms with van der Waals surface area (Å²) in [5.41, 5.74) is -0.723. The molecule has 2 aromatic heterocycles. The average molecular weight is 281 g/mol. The summed E-state index contributed by atoms with van der Waals surface area (Å²) in [4.78, 5) is 7.68. The Labute approximate surface area is 110 Å². The van der Waals surface area contributed by atoms with Crippen molar-refractivity contribution in [1.82, 2.24) is 15.1 Å². The molecule has 0 unspecified atom stereocenters. The summed E-state index contributed by atoms with van der Waals surface area (Å²) in [5, 5.41) is 3.55. The Morgan fingerprint density at radius 3 is 2.60 bits per heavy atom. The van der Waals surface area contributed by atoms with E-state index in [1.54, 1.807) is 0 Å². The van der Waals surface area contributed by atoms with E-state index >= 15 is 0 Å². The minimum atomic E-state index is -4.49. The Morgan fingerprint density at radius 2 is 1.90 bits per heavy atom. The van der Waals surface area contributed by atoms with Crippen molar-refractivity contribution in [2.24, 2.45) is 0 Å². The van der Waals surface area contributed by atoms with E-state index < -0.39 is 11.7 Å². The van der Waals surface area contributed by atoms with Crippen LogP contribution in [-0.4, -0.2) is 15.1 Å². The summed E-state index contributed by atoms with van der Waals surface area (Å²) in [6, 6.07) is 5.00. The average Bonchev–Trinajstić information content (AvgIpc) is 3.09. The van der Waals surface area contributed by atoms with Crippen LogP contribution >= 0.6 is 0 Å². The van der Waals surface area contributed by atoms with Crippen LogP contribution in [0.5, 0.6) is 0 Å². The number of alkyl halides is 3. The van der Waals surface area contributed by atoms with Crippen LogP contribution in [0.3, 0.4) is 0 Å². The van der Waals surface area contributed by atoms with Crippen molar-refractivity contribution >= 4 is 0 Å². The molecule has 0 aliphatic rings. The van der Waals surface area contributed by atoms with Crippen molar-refractivity contribution in [2.45, 2.75) is 6.18 Å². The van der Waals surface area contributed by atoms with Crippen LogP contribution in [0.2, 0.25) is 0 Å². The SMILES string of the molecule is FC(F)(F)c1ccccc1-c1noc(-c2cocn2)n1. The van der Waals surface area contributed by atoms with Gasteiger partial charge in [-0.05, 0) is 6.07 Å². The third-order valence-corrected chi connectivity index (χ3v) is 2.55. The Balaban J connectivity index is 2.07. The normalized spacial score (nSPS) is 11.8. The summed E-state index contributed by atoms with van der Waals surface area (Å²) >= 11 is 0. The first kappa shape index (κ1) is 12.4. The lowest BCUT2D eigenvalue weighted by atomic mass is 10.1. The van der Waals surface area contributed by atoms with Gasteiger partial charge in [-0.15, -0.1) is 0 Å². The van der Waals surface area contributed by atoms with Gasteiger partial charge >= 0.3 is 6.18 Å². The van der Waals surface area contributed by atoms with Crippen molar-refractivity contribution in [1.29, 1.82) is 0 Å². The zero-order chi connectivity index (χ0) is 14.2. The third kappa shape index (κ3) is 2.15. The first-order chi connectivity index (χ1) is 9.55. The van der Waals surface area contributed by atoms with Gasteiger partial charge in [-0.25, -0.2) is 4.98 Å². The standard InChI is InChI=1S/C12H6F3N3O2/c13-12(14,15)8-4-2-1-3-7(8)10-17-11(20-18-10)9-5-19-6-16-9/h1-6H. The Morgan fingerprint density at radius 1 is 1.10 bits per heavy atom. The molecule has 0 aliphatic carbocycles. The number of aromatic nitrogens is 3.